The summed E-state index contributed by atoms with van der Waals surface area (Å²) < 4.78 is 5.48. The number of ether oxygens (including phenoxy) is 1. The largest absolute Gasteiger partial charge is 0.383 e. The molecule has 92 valence electrons. The lowest BCUT2D eigenvalue weighted by Gasteiger charge is -2.37. The van der Waals surface area contributed by atoms with Gasteiger partial charge in [0.25, 0.3) is 0 Å². The number of hydrogen-bond donors (Lipinski definition) is 1. The minimum atomic E-state index is -0.746. The van der Waals surface area contributed by atoms with Crippen LogP contribution in [0.15, 0.2) is 24.3 Å². The van der Waals surface area contributed by atoms with Crippen molar-refractivity contribution in [2.45, 2.75) is 43.6 Å². The molecular weight excluding hydrogens is 212 g/mol. The smallest absolute Gasteiger partial charge is 0.113 e. The standard InChI is InChI=1S/C15H20O2/c16-15(9-4-10-17-11-15)14-8-2-1-7-13(14)12-5-3-6-12/h1-2,7-8,12,16H,3-6,9-11H2. The zero-order valence-electron chi connectivity index (χ0n) is 10.2. The Morgan fingerprint density at radius 2 is 2.00 bits per heavy atom. The van der Waals surface area contributed by atoms with Crippen molar-refractivity contribution in [2.75, 3.05) is 13.2 Å². The maximum atomic E-state index is 10.8. The molecule has 2 nitrogen and oxygen atoms in total. The fraction of sp³-hybridized carbons (Fsp3) is 0.600. The van der Waals surface area contributed by atoms with Crippen LogP contribution in [0.4, 0.5) is 0 Å². The first kappa shape index (κ1) is 11.2. The van der Waals surface area contributed by atoms with Gasteiger partial charge in [0.2, 0.25) is 0 Å². The van der Waals surface area contributed by atoms with Gasteiger partial charge in [-0.25, -0.2) is 0 Å². The number of hydrogen-bond acceptors (Lipinski definition) is 2. The molecule has 1 aromatic carbocycles. The molecule has 17 heavy (non-hydrogen) atoms. The molecule has 1 heterocycles. The third-order valence-electron chi connectivity index (χ3n) is 4.23. The molecule has 0 spiro atoms. The summed E-state index contributed by atoms with van der Waals surface area (Å²) in [5, 5.41) is 10.8. The van der Waals surface area contributed by atoms with E-state index in [1.807, 2.05) is 6.07 Å². The first-order valence-corrected chi connectivity index (χ1v) is 6.69. The summed E-state index contributed by atoms with van der Waals surface area (Å²) in [4.78, 5) is 0. The average Bonchev–Trinajstić information content (AvgIpc) is 2.28. The van der Waals surface area contributed by atoms with Crippen LogP contribution in [0.1, 0.15) is 49.1 Å². The van der Waals surface area contributed by atoms with Gasteiger partial charge in [-0.3, -0.25) is 0 Å². The van der Waals surface area contributed by atoms with Crippen LogP contribution in [0.3, 0.4) is 0 Å². The maximum absolute atomic E-state index is 10.8. The summed E-state index contributed by atoms with van der Waals surface area (Å²) in [6, 6.07) is 8.39. The van der Waals surface area contributed by atoms with Crippen LogP contribution < -0.4 is 0 Å². The Balaban J connectivity index is 1.95. The normalized spacial score (nSPS) is 29.9. The van der Waals surface area contributed by atoms with Gasteiger partial charge in [0.15, 0.2) is 0 Å². The van der Waals surface area contributed by atoms with Gasteiger partial charge in [0.05, 0.1) is 6.61 Å². The molecule has 3 rings (SSSR count). The molecule has 2 heteroatoms. The second kappa shape index (κ2) is 4.43. The van der Waals surface area contributed by atoms with Gasteiger partial charge >= 0.3 is 0 Å². The van der Waals surface area contributed by atoms with Gasteiger partial charge in [-0.05, 0) is 42.7 Å². The summed E-state index contributed by atoms with van der Waals surface area (Å²) >= 11 is 0. The van der Waals surface area contributed by atoms with Crippen LogP contribution in [0.2, 0.25) is 0 Å². The second-order valence-electron chi connectivity index (χ2n) is 5.40. The van der Waals surface area contributed by atoms with Crippen LogP contribution in [0, 0.1) is 0 Å². The van der Waals surface area contributed by atoms with E-state index in [0.717, 1.165) is 25.0 Å². The minimum absolute atomic E-state index is 0.455. The Kier molecular flexibility index (Phi) is 2.93. The summed E-state index contributed by atoms with van der Waals surface area (Å²) in [7, 11) is 0. The van der Waals surface area contributed by atoms with Crippen LogP contribution in [-0.4, -0.2) is 18.3 Å². The predicted molar refractivity (Wildman–Crippen MR) is 67.0 cm³/mol. The lowest BCUT2D eigenvalue weighted by molar-refractivity contribution is -0.0910. The summed E-state index contributed by atoms with van der Waals surface area (Å²) in [5.74, 6) is 0.664. The molecule has 2 aliphatic rings. The highest BCUT2D eigenvalue weighted by Gasteiger charge is 2.36. The lowest BCUT2D eigenvalue weighted by Crippen LogP contribution is -2.37. The number of aliphatic hydroxyl groups is 1. The van der Waals surface area contributed by atoms with Gasteiger partial charge in [-0.2, -0.15) is 0 Å². The van der Waals surface area contributed by atoms with E-state index in [1.165, 1.54) is 24.8 Å². The second-order valence-corrected chi connectivity index (χ2v) is 5.40. The average molecular weight is 232 g/mol. The molecule has 1 unspecified atom stereocenters. The molecule has 0 radical (unpaired) electrons. The Morgan fingerprint density at radius 1 is 1.18 bits per heavy atom. The van der Waals surface area contributed by atoms with Crippen molar-refractivity contribution in [3.63, 3.8) is 0 Å². The highest BCUT2D eigenvalue weighted by atomic mass is 16.5. The third kappa shape index (κ3) is 2.00. The van der Waals surface area contributed by atoms with Gasteiger partial charge in [-0.15, -0.1) is 0 Å². The SMILES string of the molecule is OC1(c2ccccc2C2CCC2)CCCOC1. The van der Waals surface area contributed by atoms with E-state index < -0.39 is 5.60 Å². The van der Waals surface area contributed by atoms with E-state index in [-0.39, 0.29) is 0 Å². The molecule has 1 N–H and O–H groups in total. The zero-order valence-corrected chi connectivity index (χ0v) is 10.2. The van der Waals surface area contributed by atoms with Crippen molar-refractivity contribution in [1.29, 1.82) is 0 Å². The van der Waals surface area contributed by atoms with Crippen molar-refractivity contribution in [2.24, 2.45) is 0 Å². The minimum Gasteiger partial charge on any atom is -0.383 e. The van der Waals surface area contributed by atoms with Gasteiger partial charge in [0.1, 0.15) is 5.60 Å². The topological polar surface area (TPSA) is 29.5 Å². The number of benzene rings is 1. The molecule has 2 fully saturated rings. The van der Waals surface area contributed by atoms with Crippen LogP contribution in [-0.2, 0) is 10.3 Å². The predicted octanol–water partition coefficient (Wildman–Crippen LogP) is 2.95. The van der Waals surface area contributed by atoms with Crippen LogP contribution in [0.25, 0.3) is 0 Å². The Bertz CT molecular complexity index is 390. The molecular formula is C15H20O2. The fourth-order valence-electron chi connectivity index (χ4n) is 2.99. The van der Waals surface area contributed by atoms with Gasteiger partial charge in [0, 0.05) is 6.61 Å². The lowest BCUT2D eigenvalue weighted by atomic mass is 9.74. The highest BCUT2D eigenvalue weighted by molar-refractivity contribution is 5.36. The van der Waals surface area contributed by atoms with E-state index in [4.69, 9.17) is 4.74 Å². The molecule has 1 saturated carbocycles. The van der Waals surface area contributed by atoms with Crippen molar-refractivity contribution < 1.29 is 9.84 Å². The van der Waals surface area contributed by atoms with E-state index in [0.29, 0.717) is 12.5 Å². The van der Waals surface area contributed by atoms with Gasteiger partial charge < -0.3 is 9.84 Å². The molecule has 1 aliphatic heterocycles. The molecule has 0 bridgehead atoms. The number of rotatable bonds is 2. The summed E-state index contributed by atoms with van der Waals surface area (Å²) in [6.07, 6.45) is 5.65. The monoisotopic (exact) mass is 232 g/mol. The molecule has 1 aromatic rings. The zero-order chi connectivity index (χ0) is 11.7. The first-order chi connectivity index (χ1) is 8.30. The van der Waals surface area contributed by atoms with Crippen molar-refractivity contribution in [1.82, 2.24) is 0 Å². The Hall–Kier alpha value is -0.860. The summed E-state index contributed by atoms with van der Waals surface area (Å²) in [5.41, 5.74) is 1.72. The van der Waals surface area contributed by atoms with Crippen molar-refractivity contribution in [3.8, 4) is 0 Å². The Labute approximate surface area is 103 Å². The molecule has 1 saturated heterocycles. The maximum Gasteiger partial charge on any atom is 0.113 e. The van der Waals surface area contributed by atoms with E-state index in [9.17, 15) is 5.11 Å². The summed E-state index contributed by atoms with van der Waals surface area (Å²) in [6.45, 7) is 1.24. The first-order valence-electron chi connectivity index (χ1n) is 6.69. The van der Waals surface area contributed by atoms with Crippen molar-refractivity contribution >= 4 is 0 Å². The molecule has 0 amide bonds. The molecule has 1 aliphatic carbocycles. The van der Waals surface area contributed by atoms with Crippen LogP contribution in [0.5, 0.6) is 0 Å². The highest BCUT2D eigenvalue weighted by Crippen LogP contribution is 2.42. The third-order valence-corrected chi connectivity index (χ3v) is 4.23. The Morgan fingerprint density at radius 3 is 2.65 bits per heavy atom. The quantitative estimate of drug-likeness (QED) is 0.849. The van der Waals surface area contributed by atoms with Crippen LogP contribution >= 0.6 is 0 Å². The van der Waals surface area contributed by atoms with E-state index in [2.05, 4.69) is 18.2 Å². The molecule has 1 atom stereocenters. The van der Waals surface area contributed by atoms with E-state index in [1.54, 1.807) is 0 Å². The molecule has 0 aromatic heterocycles. The van der Waals surface area contributed by atoms with Gasteiger partial charge in [-0.1, -0.05) is 30.7 Å². The van der Waals surface area contributed by atoms with E-state index >= 15 is 0 Å². The fourth-order valence-corrected chi connectivity index (χ4v) is 2.99. The van der Waals surface area contributed by atoms with Crippen molar-refractivity contribution in [3.05, 3.63) is 35.4 Å².